The van der Waals surface area contributed by atoms with E-state index in [0.29, 0.717) is 26.0 Å². The quantitative estimate of drug-likeness (QED) is 0.865. The molecule has 2 N–H and O–H groups in total. The number of nitrogens with two attached hydrogens (primary N) is 1. The Bertz CT molecular complexity index is 630. The van der Waals surface area contributed by atoms with Crippen LogP contribution in [0.15, 0.2) is 18.2 Å². The zero-order chi connectivity index (χ0) is 19.4. The number of methoxy groups -OCH3 is 1. The van der Waals surface area contributed by atoms with Gasteiger partial charge in [-0.3, -0.25) is 0 Å². The molecule has 1 aliphatic carbocycles. The van der Waals surface area contributed by atoms with Crippen molar-refractivity contribution in [2.45, 2.75) is 62.6 Å². The molecule has 2 aliphatic rings. The van der Waals surface area contributed by atoms with Gasteiger partial charge in [0.1, 0.15) is 11.6 Å². The van der Waals surface area contributed by atoms with Gasteiger partial charge in [0.15, 0.2) is 0 Å². The number of halogens is 2. The van der Waals surface area contributed by atoms with E-state index in [4.69, 9.17) is 15.2 Å². The van der Waals surface area contributed by atoms with E-state index in [9.17, 15) is 13.6 Å². The number of nitrogens with zero attached hydrogens (tertiary/aromatic N) is 1. The standard InChI is InChI=1S/C20H28F2N2O3/c1-26-20(25)24-11-3-6-17(23)18(24)12-27-14-9-7-13(8-10-14)19-15(21)4-2-5-16(19)22/h2,4-5,13-14,17-18H,3,6-12,23H2,1H3/t13?,14?,17-,18-/m0/s1. The van der Waals surface area contributed by atoms with Gasteiger partial charge in [-0.1, -0.05) is 6.07 Å². The molecule has 1 amide bonds. The third-order valence-electron chi connectivity index (χ3n) is 5.83. The van der Waals surface area contributed by atoms with E-state index in [0.717, 1.165) is 25.7 Å². The fourth-order valence-corrected chi connectivity index (χ4v) is 4.30. The Labute approximate surface area is 158 Å². The van der Waals surface area contributed by atoms with Crippen LogP contribution in [0.4, 0.5) is 13.6 Å². The molecular formula is C20H28F2N2O3. The minimum atomic E-state index is -0.471. The van der Waals surface area contributed by atoms with Crippen LogP contribution in [0, 0.1) is 11.6 Å². The van der Waals surface area contributed by atoms with Gasteiger partial charge < -0.3 is 20.1 Å². The lowest BCUT2D eigenvalue weighted by atomic mass is 9.82. The number of hydrogen-bond acceptors (Lipinski definition) is 4. The van der Waals surface area contributed by atoms with E-state index in [1.54, 1.807) is 4.90 Å². The first kappa shape index (κ1) is 20.0. The van der Waals surface area contributed by atoms with Gasteiger partial charge in [0.05, 0.1) is 25.9 Å². The van der Waals surface area contributed by atoms with E-state index in [1.807, 2.05) is 0 Å². The molecule has 2 fully saturated rings. The number of carbonyl (C=O) groups excluding carboxylic acids is 1. The average Bonchev–Trinajstić information content (AvgIpc) is 2.67. The van der Waals surface area contributed by atoms with Crippen LogP contribution in [-0.4, -0.2) is 49.4 Å². The highest BCUT2D eigenvalue weighted by molar-refractivity contribution is 5.68. The number of benzene rings is 1. The summed E-state index contributed by atoms with van der Waals surface area (Å²) in [5.74, 6) is -1.06. The molecule has 1 aromatic carbocycles. The minimum absolute atomic E-state index is 0.0182. The van der Waals surface area contributed by atoms with E-state index < -0.39 is 11.6 Å². The molecule has 1 saturated heterocycles. The van der Waals surface area contributed by atoms with Crippen molar-refractivity contribution in [1.29, 1.82) is 0 Å². The molecule has 1 saturated carbocycles. The monoisotopic (exact) mass is 382 g/mol. The highest BCUT2D eigenvalue weighted by Gasteiger charge is 2.34. The Hall–Kier alpha value is -1.73. The van der Waals surface area contributed by atoms with Crippen LogP contribution >= 0.6 is 0 Å². The van der Waals surface area contributed by atoms with Gasteiger partial charge in [-0.25, -0.2) is 13.6 Å². The lowest BCUT2D eigenvalue weighted by Crippen LogP contribution is -2.56. The normalized spacial score (nSPS) is 28.8. The molecule has 0 radical (unpaired) electrons. The predicted molar refractivity (Wildman–Crippen MR) is 97.4 cm³/mol. The second-order valence-corrected chi connectivity index (χ2v) is 7.48. The Morgan fingerprint density at radius 1 is 1.19 bits per heavy atom. The molecule has 1 aromatic rings. The highest BCUT2D eigenvalue weighted by Crippen LogP contribution is 2.36. The number of rotatable bonds is 4. The third-order valence-corrected chi connectivity index (χ3v) is 5.83. The van der Waals surface area contributed by atoms with Crippen LogP contribution in [0.3, 0.4) is 0 Å². The average molecular weight is 382 g/mol. The molecule has 150 valence electrons. The summed E-state index contributed by atoms with van der Waals surface area (Å²) in [5, 5.41) is 0. The van der Waals surface area contributed by atoms with Gasteiger partial charge in [0, 0.05) is 18.2 Å². The van der Waals surface area contributed by atoms with Gasteiger partial charge >= 0.3 is 6.09 Å². The summed E-state index contributed by atoms with van der Waals surface area (Å²) in [6.45, 7) is 0.980. The van der Waals surface area contributed by atoms with Gasteiger partial charge in [0.25, 0.3) is 0 Å². The van der Waals surface area contributed by atoms with Crippen molar-refractivity contribution < 1.29 is 23.0 Å². The number of ether oxygens (including phenoxy) is 2. The van der Waals surface area contributed by atoms with Crippen molar-refractivity contribution >= 4 is 6.09 Å². The maximum Gasteiger partial charge on any atom is 0.409 e. The summed E-state index contributed by atoms with van der Waals surface area (Å²) < 4.78 is 38.9. The number of amides is 1. The Kier molecular flexibility index (Phi) is 6.65. The lowest BCUT2D eigenvalue weighted by molar-refractivity contribution is -0.0231. The second kappa shape index (κ2) is 8.97. The summed E-state index contributed by atoms with van der Waals surface area (Å²) >= 11 is 0. The predicted octanol–water partition coefficient (Wildman–Crippen LogP) is 3.57. The van der Waals surface area contributed by atoms with Gasteiger partial charge in [0.2, 0.25) is 0 Å². The topological polar surface area (TPSA) is 64.8 Å². The van der Waals surface area contributed by atoms with Gasteiger partial charge in [-0.15, -0.1) is 0 Å². The van der Waals surface area contributed by atoms with Crippen LogP contribution in [0.1, 0.15) is 50.0 Å². The first-order valence-corrected chi connectivity index (χ1v) is 9.67. The number of hydrogen-bond donors (Lipinski definition) is 1. The number of piperidine rings is 1. The molecule has 3 rings (SSSR count). The summed E-state index contributed by atoms with van der Waals surface area (Å²) in [5.41, 5.74) is 6.39. The van der Waals surface area contributed by atoms with Crippen molar-refractivity contribution in [2.75, 3.05) is 20.3 Å². The third kappa shape index (κ3) is 4.58. The lowest BCUT2D eigenvalue weighted by Gasteiger charge is -2.39. The molecule has 0 aromatic heterocycles. The largest absolute Gasteiger partial charge is 0.453 e. The van der Waals surface area contributed by atoms with E-state index in [1.165, 1.54) is 25.3 Å². The van der Waals surface area contributed by atoms with Crippen molar-refractivity contribution in [2.24, 2.45) is 5.73 Å². The number of likely N-dealkylation sites (tertiary alicyclic amines) is 1. The Morgan fingerprint density at radius 3 is 2.48 bits per heavy atom. The van der Waals surface area contributed by atoms with Crippen LogP contribution < -0.4 is 5.73 Å². The second-order valence-electron chi connectivity index (χ2n) is 7.48. The first-order valence-electron chi connectivity index (χ1n) is 9.67. The summed E-state index contributed by atoms with van der Waals surface area (Å²) in [4.78, 5) is 13.6. The van der Waals surface area contributed by atoms with E-state index >= 15 is 0 Å². The van der Waals surface area contributed by atoms with E-state index in [-0.39, 0.29) is 35.8 Å². The molecule has 1 aliphatic heterocycles. The molecule has 7 heteroatoms. The molecule has 0 bridgehead atoms. The maximum atomic E-state index is 14.0. The Balaban J connectivity index is 1.54. The summed E-state index contributed by atoms with van der Waals surface area (Å²) in [6, 6.07) is 3.68. The van der Waals surface area contributed by atoms with Crippen LogP contribution in [0.2, 0.25) is 0 Å². The van der Waals surface area contributed by atoms with Crippen LogP contribution in [0.25, 0.3) is 0 Å². The zero-order valence-electron chi connectivity index (χ0n) is 15.7. The van der Waals surface area contributed by atoms with Gasteiger partial charge in [-0.2, -0.15) is 0 Å². The molecule has 5 nitrogen and oxygen atoms in total. The number of carbonyl (C=O) groups is 1. The SMILES string of the molecule is COC(=O)N1CCC[C@H](N)[C@@H]1COC1CCC(c2c(F)cccc2F)CC1. The minimum Gasteiger partial charge on any atom is -0.453 e. The zero-order valence-corrected chi connectivity index (χ0v) is 15.7. The first-order chi connectivity index (χ1) is 13.0. The van der Waals surface area contributed by atoms with Crippen molar-refractivity contribution in [3.63, 3.8) is 0 Å². The van der Waals surface area contributed by atoms with Crippen molar-refractivity contribution in [1.82, 2.24) is 4.90 Å². The summed E-state index contributed by atoms with van der Waals surface area (Å²) in [6.07, 6.45) is 4.17. The fraction of sp³-hybridized carbons (Fsp3) is 0.650. The highest BCUT2D eigenvalue weighted by atomic mass is 19.1. The molecular weight excluding hydrogens is 354 g/mol. The molecule has 2 atom stereocenters. The van der Waals surface area contributed by atoms with Crippen molar-refractivity contribution in [3.05, 3.63) is 35.4 Å². The Morgan fingerprint density at radius 2 is 1.85 bits per heavy atom. The van der Waals surface area contributed by atoms with Gasteiger partial charge in [-0.05, 0) is 56.6 Å². The molecule has 0 spiro atoms. The van der Waals surface area contributed by atoms with Crippen molar-refractivity contribution in [3.8, 4) is 0 Å². The van der Waals surface area contributed by atoms with E-state index in [2.05, 4.69) is 0 Å². The molecule has 0 unspecified atom stereocenters. The smallest absolute Gasteiger partial charge is 0.409 e. The molecule has 1 heterocycles. The molecule has 27 heavy (non-hydrogen) atoms. The summed E-state index contributed by atoms with van der Waals surface area (Å²) in [7, 11) is 1.36. The van der Waals surface area contributed by atoms with Crippen LogP contribution in [-0.2, 0) is 9.47 Å². The maximum absolute atomic E-state index is 14.0. The van der Waals surface area contributed by atoms with Crippen LogP contribution in [0.5, 0.6) is 0 Å². The fourth-order valence-electron chi connectivity index (χ4n) is 4.30.